The molecular weight excluding hydrogens is 260 g/mol. The van der Waals surface area contributed by atoms with Crippen molar-refractivity contribution in [2.75, 3.05) is 30.4 Å². The summed E-state index contributed by atoms with van der Waals surface area (Å²) in [4.78, 5) is 2.51. The van der Waals surface area contributed by atoms with E-state index in [-0.39, 0.29) is 0 Å². The zero-order valence-electron chi connectivity index (χ0n) is 13.2. The molecule has 1 saturated carbocycles. The number of benzene rings is 1. The Kier molecular flexibility index (Phi) is 5.02. The Balaban J connectivity index is 1.52. The van der Waals surface area contributed by atoms with Crippen LogP contribution in [0.5, 0.6) is 0 Å². The first-order valence-electron chi connectivity index (χ1n) is 8.49. The molecule has 3 heteroatoms. The van der Waals surface area contributed by atoms with Gasteiger partial charge in [-0.05, 0) is 69.2 Å². The molecule has 0 spiro atoms. The van der Waals surface area contributed by atoms with Crippen LogP contribution in [0.3, 0.4) is 0 Å². The number of nitrogens with zero attached hydrogens (tertiary/aromatic N) is 1. The van der Waals surface area contributed by atoms with Gasteiger partial charge in [-0.15, -0.1) is 0 Å². The summed E-state index contributed by atoms with van der Waals surface area (Å²) in [6.45, 7) is 2.43. The van der Waals surface area contributed by atoms with Gasteiger partial charge in [-0.1, -0.05) is 0 Å². The minimum absolute atomic E-state index is 0.476. The van der Waals surface area contributed by atoms with E-state index < -0.39 is 0 Å². The van der Waals surface area contributed by atoms with E-state index in [0.29, 0.717) is 12.1 Å². The van der Waals surface area contributed by atoms with Gasteiger partial charge >= 0.3 is 0 Å². The van der Waals surface area contributed by atoms with Crippen LogP contribution in [0.1, 0.15) is 44.9 Å². The summed E-state index contributed by atoms with van der Waals surface area (Å²) in [6, 6.07) is 9.64. The van der Waals surface area contributed by atoms with Crippen LogP contribution in [0.15, 0.2) is 24.3 Å². The molecule has 3 rings (SSSR count). The maximum atomic E-state index is 5.44. The predicted molar refractivity (Wildman–Crippen MR) is 89.2 cm³/mol. The van der Waals surface area contributed by atoms with Gasteiger partial charge in [0.15, 0.2) is 0 Å². The standard InChI is InChI=1S/C18H28N2O/c1-21-18-11-7-16(8-12-18)19-15-5-9-17(10-6-15)20-13-3-2-4-14-20/h5-6,9-10,16,18-19H,2-4,7-8,11-14H2,1H3. The normalized spacial score (nSPS) is 26.6. The summed E-state index contributed by atoms with van der Waals surface area (Å²) >= 11 is 0. The fourth-order valence-corrected chi connectivity index (χ4v) is 3.60. The highest BCUT2D eigenvalue weighted by atomic mass is 16.5. The Morgan fingerprint density at radius 2 is 1.62 bits per heavy atom. The molecule has 0 amide bonds. The summed E-state index contributed by atoms with van der Waals surface area (Å²) in [5.74, 6) is 0. The van der Waals surface area contributed by atoms with Gasteiger partial charge in [0.25, 0.3) is 0 Å². The minimum atomic E-state index is 0.476. The Hall–Kier alpha value is -1.22. The summed E-state index contributed by atoms with van der Waals surface area (Å²) in [6.07, 6.45) is 9.33. The fraction of sp³-hybridized carbons (Fsp3) is 0.667. The van der Waals surface area contributed by atoms with E-state index in [1.807, 2.05) is 7.11 Å². The molecule has 1 aliphatic heterocycles. The summed E-state index contributed by atoms with van der Waals surface area (Å²) < 4.78 is 5.44. The quantitative estimate of drug-likeness (QED) is 0.904. The molecular formula is C18H28N2O. The van der Waals surface area contributed by atoms with Gasteiger partial charge in [0.05, 0.1) is 6.10 Å². The highest BCUT2D eigenvalue weighted by molar-refractivity contribution is 5.55. The highest BCUT2D eigenvalue weighted by Gasteiger charge is 2.20. The van der Waals surface area contributed by atoms with E-state index in [1.54, 1.807) is 0 Å². The Morgan fingerprint density at radius 3 is 2.24 bits per heavy atom. The van der Waals surface area contributed by atoms with Crippen molar-refractivity contribution in [3.63, 3.8) is 0 Å². The summed E-state index contributed by atoms with van der Waals surface area (Å²) in [7, 11) is 1.83. The molecule has 1 aliphatic carbocycles. The van der Waals surface area contributed by atoms with Crippen molar-refractivity contribution in [1.82, 2.24) is 0 Å². The van der Waals surface area contributed by atoms with Gasteiger partial charge in [0.2, 0.25) is 0 Å². The number of hydrogen-bond acceptors (Lipinski definition) is 3. The second-order valence-corrected chi connectivity index (χ2v) is 6.45. The van der Waals surface area contributed by atoms with Crippen LogP contribution in [-0.2, 0) is 4.74 Å². The first-order valence-corrected chi connectivity index (χ1v) is 8.49. The first-order chi connectivity index (χ1) is 10.3. The molecule has 2 aliphatic rings. The van der Waals surface area contributed by atoms with Crippen LogP contribution < -0.4 is 10.2 Å². The van der Waals surface area contributed by atoms with Crippen LogP contribution >= 0.6 is 0 Å². The van der Waals surface area contributed by atoms with Crippen molar-refractivity contribution in [2.45, 2.75) is 57.1 Å². The molecule has 1 heterocycles. The van der Waals surface area contributed by atoms with E-state index in [4.69, 9.17) is 4.74 Å². The van der Waals surface area contributed by atoms with Crippen molar-refractivity contribution in [3.05, 3.63) is 24.3 Å². The Morgan fingerprint density at radius 1 is 0.952 bits per heavy atom. The Bertz CT molecular complexity index is 417. The number of ether oxygens (including phenoxy) is 1. The molecule has 0 aromatic heterocycles. The second-order valence-electron chi connectivity index (χ2n) is 6.45. The number of nitrogens with one attached hydrogen (secondary N) is 1. The maximum Gasteiger partial charge on any atom is 0.0572 e. The lowest BCUT2D eigenvalue weighted by atomic mass is 9.93. The van der Waals surface area contributed by atoms with Crippen LogP contribution in [0.2, 0.25) is 0 Å². The smallest absolute Gasteiger partial charge is 0.0572 e. The number of rotatable bonds is 4. The number of anilines is 2. The molecule has 1 aromatic carbocycles. The number of methoxy groups -OCH3 is 1. The highest BCUT2D eigenvalue weighted by Crippen LogP contribution is 2.26. The fourth-order valence-electron chi connectivity index (χ4n) is 3.60. The van der Waals surface area contributed by atoms with Crippen molar-refractivity contribution in [2.24, 2.45) is 0 Å². The predicted octanol–water partition coefficient (Wildman–Crippen LogP) is 4.05. The zero-order valence-corrected chi connectivity index (χ0v) is 13.2. The lowest BCUT2D eigenvalue weighted by Gasteiger charge is -2.30. The zero-order chi connectivity index (χ0) is 14.5. The largest absolute Gasteiger partial charge is 0.382 e. The van der Waals surface area contributed by atoms with Crippen LogP contribution in [0, 0.1) is 0 Å². The SMILES string of the molecule is COC1CCC(Nc2ccc(N3CCCCC3)cc2)CC1. The van der Waals surface area contributed by atoms with Crippen LogP contribution in [0.4, 0.5) is 11.4 Å². The van der Waals surface area contributed by atoms with Crippen LogP contribution in [-0.4, -0.2) is 32.3 Å². The number of hydrogen-bond donors (Lipinski definition) is 1. The minimum Gasteiger partial charge on any atom is -0.382 e. The third-order valence-electron chi connectivity index (χ3n) is 4.97. The molecule has 1 N–H and O–H groups in total. The van der Waals surface area contributed by atoms with Gasteiger partial charge in [-0.2, -0.15) is 0 Å². The van der Waals surface area contributed by atoms with Gasteiger partial charge in [0.1, 0.15) is 0 Å². The molecule has 0 atom stereocenters. The molecule has 0 unspecified atom stereocenters. The van der Waals surface area contributed by atoms with Crippen molar-refractivity contribution < 1.29 is 4.74 Å². The third kappa shape index (κ3) is 3.91. The molecule has 0 bridgehead atoms. The molecule has 21 heavy (non-hydrogen) atoms. The topological polar surface area (TPSA) is 24.5 Å². The van der Waals surface area contributed by atoms with Gasteiger partial charge in [-0.25, -0.2) is 0 Å². The number of piperidine rings is 1. The van der Waals surface area contributed by atoms with Gasteiger partial charge < -0.3 is 15.0 Å². The van der Waals surface area contributed by atoms with Gasteiger partial charge in [0, 0.05) is 37.6 Å². The average Bonchev–Trinajstić information content (AvgIpc) is 2.57. The van der Waals surface area contributed by atoms with E-state index in [9.17, 15) is 0 Å². The lowest BCUT2D eigenvalue weighted by Crippen LogP contribution is -2.30. The van der Waals surface area contributed by atoms with Crippen molar-refractivity contribution in [1.29, 1.82) is 0 Å². The Labute approximate surface area is 128 Å². The van der Waals surface area contributed by atoms with Crippen LogP contribution in [0.25, 0.3) is 0 Å². The molecule has 3 nitrogen and oxygen atoms in total. The van der Waals surface area contributed by atoms with E-state index >= 15 is 0 Å². The average molecular weight is 288 g/mol. The van der Waals surface area contributed by atoms with Crippen molar-refractivity contribution >= 4 is 11.4 Å². The molecule has 1 aromatic rings. The summed E-state index contributed by atoms with van der Waals surface area (Å²) in [5.41, 5.74) is 2.64. The van der Waals surface area contributed by atoms with E-state index in [1.165, 1.54) is 69.4 Å². The molecule has 116 valence electrons. The molecule has 1 saturated heterocycles. The maximum absolute atomic E-state index is 5.44. The lowest BCUT2D eigenvalue weighted by molar-refractivity contribution is 0.0682. The monoisotopic (exact) mass is 288 g/mol. The summed E-state index contributed by atoms with van der Waals surface area (Å²) in [5, 5.41) is 3.68. The molecule has 2 fully saturated rings. The van der Waals surface area contributed by atoms with Gasteiger partial charge in [-0.3, -0.25) is 0 Å². The third-order valence-corrected chi connectivity index (χ3v) is 4.97. The van der Waals surface area contributed by atoms with Crippen molar-refractivity contribution in [3.8, 4) is 0 Å². The first kappa shape index (κ1) is 14.7. The van der Waals surface area contributed by atoms with E-state index in [0.717, 1.165) is 0 Å². The molecule has 0 radical (unpaired) electrons. The second kappa shape index (κ2) is 7.17. The van der Waals surface area contributed by atoms with E-state index in [2.05, 4.69) is 34.5 Å².